The zero-order valence-electron chi connectivity index (χ0n) is 18.8. The van der Waals surface area contributed by atoms with Crippen LogP contribution in [0.5, 0.6) is 0 Å². The Bertz CT molecular complexity index is 1330. The maximum atomic E-state index is 13.6. The van der Waals surface area contributed by atoms with E-state index in [0.29, 0.717) is 23.1 Å². The van der Waals surface area contributed by atoms with Crippen molar-refractivity contribution >= 4 is 28.9 Å². The molecule has 0 unspecified atom stereocenters. The van der Waals surface area contributed by atoms with Crippen LogP contribution < -0.4 is 16.0 Å². The first-order valence-electron chi connectivity index (χ1n) is 10.5. The summed E-state index contributed by atoms with van der Waals surface area (Å²) in [5, 5.41) is 13.4. The van der Waals surface area contributed by atoms with E-state index < -0.39 is 11.8 Å². The molecule has 4 aromatic rings. The molecule has 2 heterocycles. The van der Waals surface area contributed by atoms with Crippen LogP contribution in [0.4, 0.5) is 31.8 Å². The molecule has 0 spiro atoms. The van der Waals surface area contributed by atoms with E-state index in [9.17, 15) is 13.6 Å². The van der Waals surface area contributed by atoms with Gasteiger partial charge in [-0.2, -0.15) is 9.78 Å². The summed E-state index contributed by atoms with van der Waals surface area (Å²) in [5.41, 5.74) is 2.10. The van der Waals surface area contributed by atoms with Crippen LogP contribution in [0, 0.1) is 6.92 Å². The minimum atomic E-state index is -3.03. The Morgan fingerprint density at radius 1 is 1.06 bits per heavy atom. The Morgan fingerprint density at radius 3 is 2.65 bits per heavy atom. The predicted molar refractivity (Wildman–Crippen MR) is 127 cm³/mol. The van der Waals surface area contributed by atoms with Crippen LogP contribution in [0.3, 0.4) is 0 Å². The van der Waals surface area contributed by atoms with Gasteiger partial charge in [0.05, 0.1) is 6.20 Å². The minimum Gasteiger partial charge on any atom is -0.373 e. The number of rotatable bonds is 7. The normalized spacial score (nSPS) is 11.2. The molecule has 3 N–H and O–H groups in total. The molecule has 10 heteroatoms. The van der Waals surface area contributed by atoms with Crippen molar-refractivity contribution in [2.24, 2.45) is 0 Å². The number of amides is 1. The van der Waals surface area contributed by atoms with Crippen molar-refractivity contribution in [3.63, 3.8) is 0 Å². The van der Waals surface area contributed by atoms with E-state index in [1.165, 1.54) is 30.6 Å². The lowest BCUT2D eigenvalue weighted by molar-refractivity contribution is 0.0174. The third-order valence-corrected chi connectivity index (χ3v) is 5.16. The Kier molecular flexibility index (Phi) is 6.22. The fourth-order valence-electron chi connectivity index (χ4n) is 3.29. The van der Waals surface area contributed by atoms with Gasteiger partial charge >= 0.3 is 0 Å². The number of nitrogens with one attached hydrogen (secondary N) is 3. The molecule has 174 valence electrons. The lowest BCUT2D eigenvalue weighted by Crippen LogP contribution is -2.14. The smallest absolute Gasteiger partial charge is 0.270 e. The second-order valence-electron chi connectivity index (χ2n) is 7.72. The average Bonchev–Trinajstić information content (AvgIpc) is 3.29. The summed E-state index contributed by atoms with van der Waals surface area (Å²) in [5.74, 6) is -1.63. The fraction of sp³-hybridized carbons (Fsp3) is 0.167. The van der Waals surface area contributed by atoms with Crippen LogP contribution in [0.15, 0.2) is 67.1 Å². The zero-order chi connectivity index (χ0) is 24.3. The summed E-state index contributed by atoms with van der Waals surface area (Å²) in [7, 11) is 1.77. The van der Waals surface area contributed by atoms with Crippen LogP contribution in [0.1, 0.15) is 28.4 Å². The Balaban J connectivity index is 1.56. The SMILES string of the molecule is CNc1cc(-n2nccc2Nc2cc(NC(=O)c3cccc(C(C)(F)F)c3)ccc2C)ncn1. The van der Waals surface area contributed by atoms with Gasteiger partial charge < -0.3 is 16.0 Å². The molecule has 2 aromatic carbocycles. The standard InChI is InChI=1S/C24H23F2N7O/c1-15-7-8-18(31-23(34)16-5-4-6-17(11-16)24(2,25)26)12-19(15)32-21-9-10-30-33(21)22-13-20(27-3)28-14-29-22/h4-14,32H,1-3H3,(H,31,34)(H,27,28,29). The zero-order valence-corrected chi connectivity index (χ0v) is 18.8. The minimum absolute atomic E-state index is 0.149. The number of alkyl halides is 2. The summed E-state index contributed by atoms with van der Waals surface area (Å²) in [6, 6.07) is 14.3. The van der Waals surface area contributed by atoms with E-state index in [2.05, 4.69) is 31.0 Å². The first kappa shape index (κ1) is 22.8. The van der Waals surface area contributed by atoms with Crippen LogP contribution in [-0.4, -0.2) is 32.7 Å². The molecule has 1 amide bonds. The first-order valence-corrected chi connectivity index (χ1v) is 10.5. The summed E-state index contributed by atoms with van der Waals surface area (Å²) in [4.78, 5) is 21.1. The molecule has 0 aliphatic carbocycles. The van der Waals surface area contributed by atoms with Crippen molar-refractivity contribution < 1.29 is 13.6 Å². The largest absolute Gasteiger partial charge is 0.373 e. The maximum absolute atomic E-state index is 13.6. The molecule has 0 saturated carbocycles. The number of aryl methyl sites for hydroxylation is 1. The van der Waals surface area contributed by atoms with Crippen molar-refractivity contribution in [3.05, 3.63) is 83.8 Å². The van der Waals surface area contributed by atoms with Gasteiger partial charge in [-0.3, -0.25) is 4.79 Å². The van der Waals surface area contributed by atoms with Gasteiger partial charge in [0.2, 0.25) is 0 Å². The summed E-state index contributed by atoms with van der Waals surface area (Å²) in [6.07, 6.45) is 3.08. The molecule has 8 nitrogen and oxygen atoms in total. The number of carbonyl (C=O) groups excluding carboxylic acids is 1. The van der Waals surface area contributed by atoms with E-state index in [1.807, 2.05) is 13.0 Å². The molecule has 0 aliphatic heterocycles. The van der Waals surface area contributed by atoms with Crippen molar-refractivity contribution in [2.75, 3.05) is 23.0 Å². The summed E-state index contributed by atoms with van der Waals surface area (Å²) in [6.45, 7) is 2.72. The van der Waals surface area contributed by atoms with Crippen molar-refractivity contribution in [2.45, 2.75) is 19.8 Å². The van der Waals surface area contributed by atoms with Crippen LogP contribution in [0.25, 0.3) is 5.82 Å². The quantitative estimate of drug-likeness (QED) is 0.352. The number of halogens is 2. The Morgan fingerprint density at radius 2 is 1.88 bits per heavy atom. The van der Waals surface area contributed by atoms with E-state index in [4.69, 9.17) is 0 Å². The highest BCUT2D eigenvalue weighted by Gasteiger charge is 2.25. The number of carbonyl (C=O) groups is 1. The number of hydrogen-bond acceptors (Lipinski definition) is 6. The van der Waals surface area contributed by atoms with Crippen LogP contribution in [0.2, 0.25) is 0 Å². The number of nitrogens with zero attached hydrogens (tertiary/aromatic N) is 4. The third-order valence-electron chi connectivity index (χ3n) is 5.16. The summed E-state index contributed by atoms with van der Waals surface area (Å²) < 4.78 is 28.9. The van der Waals surface area contributed by atoms with E-state index >= 15 is 0 Å². The average molecular weight is 463 g/mol. The van der Waals surface area contributed by atoms with Crippen LogP contribution in [-0.2, 0) is 5.92 Å². The van der Waals surface area contributed by atoms with E-state index in [-0.39, 0.29) is 11.1 Å². The molecule has 0 saturated heterocycles. The van der Waals surface area contributed by atoms with Gasteiger partial charge in [0.1, 0.15) is 18.0 Å². The number of anilines is 4. The summed E-state index contributed by atoms with van der Waals surface area (Å²) >= 11 is 0. The third kappa shape index (κ3) is 5.01. The molecule has 2 aromatic heterocycles. The highest BCUT2D eigenvalue weighted by Crippen LogP contribution is 2.28. The van der Waals surface area contributed by atoms with Gasteiger partial charge in [0, 0.05) is 48.6 Å². The molecule has 0 bridgehead atoms. The maximum Gasteiger partial charge on any atom is 0.270 e. The predicted octanol–water partition coefficient (Wildman–Crippen LogP) is 5.12. The van der Waals surface area contributed by atoms with Gasteiger partial charge in [0.25, 0.3) is 11.8 Å². The molecule has 0 fully saturated rings. The van der Waals surface area contributed by atoms with Gasteiger partial charge in [-0.25, -0.2) is 18.7 Å². The van der Waals surface area contributed by atoms with E-state index in [0.717, 1.165) is 18.2 Å². The molecular formula is C24H23F2N7O. The molecule has 34 heavy (non-hydrogen) atoms. The van der Waals surface area contributed by atoms with Crippen molar-refractivity contribution in [1.29, 1.82) is 0 Å². The Hall–Kier alpha value is -4.34. The Labute approximate surface area is 195 Å². The lowest BCUT2D eigenvalue weighted by atomic mass is 10.1. The van der Waals surface area contributed by atoms with Crippen LogP contribution >= 0.6 is 0 Å². The number of benzene rings is 2. The molecule has 0 atom stereocenters. The van der Waals surface area contributed by atoms with Gasteiger partial charge in [-0.15, -0.1) is 0 Å². The van der Waals surface area contributed by atoms with Gasteiger partial charge in [-0.05, 0) is 36.8 Å². The van der Waals surface area contributed by atoms with Crippen molar-refractivity contribution in [1.82, 2.24) is 19.7 Å². The first-order chi connectivity index (χ1) is 16.2. The molecule has 0 radical (unpaired) electrons. The van der Waals surface area contributed by atoms with E-state index in [1.54, 1.807) is 42.2 Å². The van der Waals surface area contributed by atoms with Gasteiger partial charge in [-0.1, -0.05) is 18.2 Å². The highest BCUT2D eigenvalue weighted by atomic mass is 19.3. The number of hydrogen-bond donors (Lipinski definition) is 3. The molecular weight excluding hydrogens is 440 g/mol. The topological polar surface area (TPSA) is 96.8 Å². The molecule has 4 rings (SSSR count). The van der Waals surface area contributed by atoms with Crippen molar-refractivity contribution in [3.8, 4) is 5.82 Å². The number of aromatic nitrogens is 4. The second kappa shape index (κ2) is 9.26. The highest BCUT2D eigenvalue weighted by molar-refractivity contribution is 6.04. The second-order valence-corrected chi connectivity index (χ2v) is 7.72. The monoisotopic (exact) mass is 463 g/mol. The fourth-order valence-corrected chi connectivity index (χ4v) is 3.29. The molecule has 0 aliphatic rings. The lowest BCUT2D eigenvalue weighted by Gasteiger charge is -2.14. The van der Waals surface area contributed by atoms with Gasteiger partial charge in [0.15, 0.2) is 5.82 Å².